The van der Waals surface area contributed by atoms with Gasteiger partial charge in [-0.15, -0.1) is 0 Å². The number of amides is 2. The summed E-state index contributed by atoms with van der Waals surface area (Å²) in [4.78, 5) is 42.5. The van der Waals surface area contributed by atoms with Gasteiger partial charge in [0.25, 0.3) is 0 Å². The second kappa shape index (κ2) is 10.8. The summed E-state index contributed by atoms with van der Waals surface area (Å²) in [6, 6.07) is -3.34. The Morgan fingerprint density at radius 2 is 2.04 bits per heavy atom. The number of nitrogens with one attached hydrogen (secondary N) is 3. The quantitative estimate of drug-likeness (QED) is 0.265. The van der Waals surface area contributed by atoms with Crippen molar-refractivity contribution in [2.75, 3.05) is 12.0 Å². The Morgan fingerprint density at radius 3 is 2.54 bits per heavy atom. The fourth-order valence-electron chi connectivity index (χ4n) is 2.12. The minimum Gasteiger partial charge on any atom is -0.480 e. The number of thioether (sulfide) groups is 1. The zero-order valence-electron chi connectivity index (χ0n) is 14.6. The number of imidazole rings is 1. The summed E-state index contributed by atoms with van der Waals surface area (Å²) in [5, 5.41) is 23.4. The lowest BCUT2D eigenvalue weighted by Crippen LogP contribution is -2.57. The summed E-state index contributed by atoms with van der Waals surface area (Å²) in [6.07, 6.45) is 4.01. The van der Waals surface area contributed by atoms with Crippen molar-refractivity contribution in [3.05, 3.63) is 18.2 Å². The van der Waals surface area contributed by atoms with Crippen LogP contribution in [0.5, 0.6) is 0 Å². The highest BCUT2D eigenvalue weighted by atomic mass is 32.2. The molecule has 0 radical (unpaired) electrons. The van der Waals surface area contributed by atoms with Crippen LogP contribution in [0.1, 0.15) is 19.0 Å². The van der Waals surface area contributed by atoms with Crippen LogP contribution in [-0.4, -0.2) is 74.2 Å². The van der Waals surface area contributed by atoms with Crippen molar-refractivity contribution in [3.63, 3.8) is 0 Å². The number of aromatic amines is 1. The van der Waals surface area contributed by atoms with Crippen LogP contribution in [0.25, 0.3) is 0 Å². The van der Waals surface area contributed by atoms with Crippen molar-refractivity contribution in [1.29, 1.82) is 0 Å². The average Bonchev–Trinajstić information content (AvgIpc) is 3.08. The third kappa shape index (κ3) is 7.02. The Bertz CT molecular complexity index is 595. The second-order valence-corrected chi connectivity index (χ2v) is 6.78. The van der Waals surface area contributed by atoms with Crippen LogP contribution in [0.15, 0.2) is 12.5 Å². The average molecular weight is 387 g/mol. The molecule has 0 unspecified atom stereocenters. The lowest BCUT2D eigenvalue weighted by molar-refractivity contribution is -0.145. The van der Waals surface area contributed by atoms with Gasteiger partial charge in [-0.25, -0.2) is 9.78 Å². The number of aromatic nitrogens is 2. The van der Waals surface area contributed by atoms with Gasteiger partial charge in [0.1, 0.15) is 6.04 Å². The number of rotatable bonds is 11. The molecule has 2 amide bonds. The molecule has 26 heavy (non-hydrogen) atoms. The van der Waals surface area contributed by atoms with Gasteiger partial charge in [-0.3, -0.25) is 9.59 Å². The van der Waals surface area contributed by atoms with Crippen LogP contribution in [0.2, 0.25) is 0 Å². The Balaban J connectivity index is 2.85. The van der Waals surface area contributed by atoms with E-state index in [-0.39, 0.29) is 6.42 Å². The molecule has 0 spiro atoms. The molecule has 0 bridgehead atoms. The van der Waals surface area contributed by atoms with Gasteiger partial charge in [0.2, 0.25) is 11.8 Å². The van der Waals surface area contributed by atoms with E-state index in [4.69, 9.17) is 10.8 Å². The van der Waals surface area contributed by atoms with E-state index < -0.39 is 42.0 Å². The largest absolute Gasteiger partial charge is 0.480 e. The maximum absolute atomic E-state index is 12.5. The van der Waals surface area contributed by atoms with Crippen molar-refractivity contribution in [2.24, 2.45) is 5.73 Å². The minimum absolute atomic E-state index is 0.0684. The fourth-order valence-corrected chi connectivity index (χ4v) is 2.61. The first-order chi connectivity index (χ1) is 12.3. The molecule has 0 aromatic carbocycles. The van der Waals surface area contributed by atoms with Gasteiger partial charge in [-0.2, -0.15) is 11.8 Å². The van der Waals surface area contributed by atoms with E-state index >= 15 is 0 Å². The summed E-state index contributed by atoms with van der Waals surface area (Å²) in [6.45, 7) is 1.25. The molecule has 146 valence electrons. The van der Waals surface area contributed by atoms with Crippen molar-refractivity contribution >= 4 is 29.5 Å². The highest BCUT2D eigenvalue weighted by Gasteiger charge is 2.30. The summed E-state index contributed by atoms with van der Waals surface area (Å²) in [5.41, 5.74) is 6.39. The normalized spacial score (nSPS) is 15.5. The zero-order valence-corrected chi connectivity index (χ0v) is 15.5. The third-order valence-electron chi connectivity index (χ3n) is 3.63. The summed E-state index contributed by atoms with van der Waals surface area (Å²) < 4.78 is 0. The number of carbonyl (C=O) groups excluding carboxylic acids is 2. The second-order valence-electron chi connectivity index (χ2n) is 5.80. The number of H-pyrrole nitrogens is 1. The van der Waals surface area contributed by atoms with Crippen LogP contribution in [-0.2, 0) is 20.8 Å². The van der Waals surface area contributed by atoms with Crippen molar-refractivity contribution < 1.29 is 24.6 Å². The predicted molar refractivity (Wildman–Crippen MR) is 96.4 cm³/mol. The standard InChI is InChI=1S/C15H25N5O5S/c1-8(21)12(15(24)25)20-14(23)11(5-9-6-17-7-18-9)19-13(22)10(16)3-4-26-2/h6-8,10-12,21H,3-5,16H2,1-2H3,(H,17,18)(H,19,22)(H,20,23)(H,24,25)/t8-,10+,11+,12+/m1/s1. The number of carbonyl (C=O) groups is 3. The number of hydrogen-bond donors (Lipinski definition) is 6. The van der Waals surface area contributed by atoms with Gasteiger partial charge < -0.3 is 31.6 Å². The summed E-state index contributed by atoms with van der Waals surface area (Å²) in [5.74, 6) is -1.94. The van der Waals surface area contributed by atoms with Gasteiger partial charge in [-0.05, 0) is 25.4 Å². The maximum atomic E-state index is 12.5. The SMILES string of the molecule is CSCC[C@H](N)C(=O)N[C@@H](Cc1cnc[nH]1)C(=O)N[C@H](C(=O)O)[C@@H](C)O. The van der Waals surface area contributed by atoms with E-state index in [1.165, 1.54) is 19.4 Å². The molecule has 0 aliphatic carbocycles. The van der Waals surface area contributed by atoms with E-state index in [9.17, 15) is 19.5 Å². The number of aliphatic hydroxyl groups excluding tert-OH is 1. The van der Waals surface area contributed by atoms with Crippen LogP contribution in [0, 0.1) is 0 Å². The number of nitrogens with zero attached hydrogens (tertiary/aromatic N) is 1. The number of carboxylic acids is 1. The van der Waals surface area contributed by atoms with Crippen LogP contribution >= 0.6 is 11.8 Å². The molecule has 0 saturated carbocycles. The number of aliphatic hydroxyl groups is 1. The molecule has 11 heteroatoms. The van der Waals surface area contributed by atoms with E-state index in [1.54, 1.807) is 11.8 Å². The predicted octanol–water partition coefficient (Wildman–Crippen LogP) is -1.53. The number of carboxylic acid groups (broad SMARTS) is 1. The number of aliphatic carboxylic acids is 1. The van der Waals surface area contributed by atoms with Gasteiger partial charge in [0.05, 0.1) is 18.5 Å². The van der Waals surface area contributed by atoms with Crippen LogP contribution < -0.4 is 16.4 Å². The minimum atomic E-state index is -1.49. The first-order valence-corrected chi connectivity index (χ1v) is 9.39. The number of hydrogen-bond acceptors (Lipinski definition) is 7. The smallest absolute Gasteiger partial charge is 0.328 e. The third-order valence-corrected chi connectivity index (χ3v) is 4.27. The fraction of sp³-hybridized carbons (Fsp3) is 0.600. The highest BCUT2D eigenvalue weighted by molar-refractivity contribution is 7.98. The molecule has 1 rings (SSSR count). The molecule has 1 aromatic heterocycles. The van der Waals surface area contributed by atoms with Gasteiger partial charge >= 0.3 is 5.97 Å². The Kier molecular flexibility index (Phi) is 9.10. The molecule has 1 aromatic rings. The summed E-state index contributed by atoms with van der Waals surface area (Å²) in [7, 11) is 0. The maximum Gasteiger partial charge on any atom is 0.328 e. The molecule has 0 aliphatic heterocycles. The molecule has 4 atom stereocenters. The van der Waals surface area contributed by atoms with Crippen molar-refractivity contribution in [3.8, 4) is 0 Å². The van der Waals surface area contributed by atoms with Gasteiger partial charge in [-0.1, -0.05) is 0 Å². The van der Waals surface area contributed by atoms with E-state index in [1.807, 2.05) is 6.26 Å². The highest BCUT2D eigenvalue weighted by Crippen LogP contribution is 2.04. The van der Waals surface area contributed by atoms with Gasteiger partial charge in [0, 0.05) is 18.3 Å². The van der Waals surface area contributed by atoms with Gasteiger partial charge in [0.15, 0.2) is 6.04 Å². The lowest BCUT2D eigenvalue weighted by Gasteiger charge is -2.23. The summed E-state index contributed by atoms with van der Waals surface area (Å²) >= 11 is 1.55. The molecule has 0 fully saturated rings. The zero-order chi connectivity index (χ0) is 19.7. The molecular weight excluding hydrogens is 362 g/mol. The lowest BCUT2D eigenvalue weighted by atomic mass is 10.1. The molecular formula is C15H25N5O5S. The molecule has 0 aliphatic rings. The first-order valence-electron chi connectivity index (χ1n) is 7.99. The van der Waals surface area contributed by atoms with Crippen LogP contribution in [0.4, 0.5) is 0 Å². The Labute approximate surface area is 155 Å². The van der Waals surface area contributed by atoms with E-state index in [2.05, 4.69) is 20.6 Å². The van der Waals surface area contributed by atoms with Crippen molar-refractivity contribution in [2.45, 2.75) is 44.0 Å². The molecule has 1 heterocycles. The van der Waals surface area contributed by atoms with E-state index in [0.717, 1.165) is 0 Å². The topological polar surface area (TPSA) is 170 Å². The molecule has 7 N–H and O–H groups in total. The van der Waals surface area contributed by atoms with Crippen LogP contribution in [0.3, 0.4) is 0 Å². The monoisotopic (exact) mass is 387 g/mol. The molecule has 0 saturated heterocycles. The number of nitrogens with two attached hydrogens (primary N) is 1. The Morgan fingerprint density at radius 1 is 1.35 bits per heavy atom. The van der Waals surface area contributed by atoms with Crippen molar-refractivity contribution in [1.82, 2.24) is 20.6 Å². The van der Waals surface area contributed by atoms with E-state index in [0.29, 0.717) is 17.9 Å². The Hall–Kier alpha value is -2.11. The first kappa shape index (κ1) is 21.9. The molecule has 10 nitrogen and oxygen atoms in total.